The fourth-order valence-corrected chi connectivity index (χ4v) is 2.40. The Hall–Kier alpha value is -1.91. The van der Waals surface area contributed by atoms with E-state index in [2.05, 4.69) is 4.98 Å². The van der Waals surface area contributed by atoms with Crippen molar-refractivity contribution in [2.45, 2.75) is 0 Å². The second kappa shape index (κ2) is 4.89. The van der Waals surface area contributed by atoms with E-state index in [1.54, 1.807) is 37.4 Å². The van der Waals surface area contributed by atoms with Crippen LogP contribution in [0.4, 0.5) is 5.69 Å². The maximum Gasteiger partial charge on any atom is 0.229 e. The van der Waals surface area contributed by atoms with Crippen molar-refractivity contribution in [2.24, 2.45) is 0 Å². The second-order valence-electron chi connectivity index (χ2n) is 4.20. The quantitative estimate of drug-likeness (QED) is 0.713. The molecule has 3 aromatic rings. The number of nitrogens with zero attached hydrogens (tertiary/aromatic N) is 1. The van der Waals surface area contributed by atoms with E-state index in [4.69, 9.17) is 38.1 Å². The lowest BCUT2D eigenvalue weighted by molar-refractivity contribution is 0.415. The van der Waals surface area contributed by atoms with Crippen LogP contribution in [0, 0.1) is 0 Å². The minimum absolute atomic E-state index is 0.368. The molecule has 20 heavy (non-hydrogen) atoms. The van der Waals surface area contributed by atoms with Gasteiger partial charge in [-0.3, -0.25) is 0 Å². The van der Waals surface area contributed by atoms with Gasteiger partial charge in [0.05, 0.1) is 23.4 Å². The number of methoxy groups -OCH3 is 1. The number of nitrogen functional groups attached to an aromatic ring is 1. The third-order valence-corrected chi connectivity index (χ3v) is 3.45. The molecule has 2 N–H and O–H groups in total. The zero-order valence-electron chi connectivity index (χ0n) is 10.5. The number of hydrogen-bond acceptors (Lipinski definition) is 4. The van der Waals surface area contributed by atoms with E-state index in [9.17, 15) is 0 Å². The number of ether oxygens (including phenoxy) is 1. The molecule has 0 aliphatic rings. The summed E-state index contributed by atoms with van der Waals surface area (Å²) in [6.07, 6.45) is 0. The Morgan fingerprint density at radius 2 is 2.00 bits per heavy atom. The van der Waals surface area contributed by atoms with Crippen LogP contribution in [0.3, 0.4) is 0 Å². The smallest absolute Gasteiger partial charge is 0.229 e. The lowest BCUT2D eigenvalue weighted by Crippen LogP contribution is -1.91. The summed E-state index contributed by atoms with van der Waals surface area (Å²) >= 11 is 12.0. The van der Waals surface area contributed by atoms with Crippen LogP contribution < -0.4 is 10.5 Å². The lowest BCUT2D eigenvalue weighted by Gasteiger charge is -2.04. The molecule has 3 rings (SSSR count). The molecule has 0 saturated heterocycles. The zero-order chi connectivity index (χ0) is 14.3. The first-order valence-corrected chi connectivity index (χ1v) is 6.53. The molecule has 2 aromatic carbocycles. The highest BCUT2D eigenvalue weighted by atomic mass is 35.5. The van der Waals surface area contributed by atoms with E-state index >= 15 is 0 Å². The normalized spacial score (nSPS) is 10.9. The molecule has 0 unspecified atom stereocenters. The van der Waals surface area contributed by atoms with Gasteiger partial charge >= 0.3 is 0 Å². The van der Waals surface area contributed by atoms with Gasteiger partial charge < -0.3 is 14.9 Å². The summed E-state index contributed by atoms with van der Waals surface area (Å²) in [4.78, 5) is 4.39. The SMILES string of the molecule is COc1ccc2oc(-c3cc(Cl)cc(Cl)c3N)nc2c1. The van der Waals surface area contributed by atoms with E-state index in [-0.39, 0.29) is 0 Å². The highest BCUT2D eigenvalue weighted by molar-refractivity contribution is 6.37. The van der Waals surface area contributed by atoms with Crippen LogP contribution in [-0.2, 0) is 0 Å². The highest BCUT2D eigenvalue weighted by Crippen LogP contribution is 2.36. The van der Waals surface area contributed by atoms with Crippen molar-refractivity contribution in [1.29, 1.82) is 0 Å². The molecule has 0 aliphatic carbocycles. The van der Waals surface area contributed by atoms with Gasteiger partial charge in [0.2, 0.25) is 5.89 Å². The molecule has 0 radical (unpaired) electrons. The fraction of sp³-hybridized carbons (Fsp3) is 0.0714. The van der Waals surface area contributed by atoms with Crippen molar-refractivity contribution in [3.05, 3.63) is 40.4 Å². The van der Waals surface area contributed by atoms with Gasteiger partial charge in [0.15, 0.2) is 5.58 Å². The fourth-order valence-electron chi connectivity index (χ4n) is 1.91. The van der Waals surface area contributed by atoms with Gasteiger partial charge in [-0.1, -0.05) is 23.2 Å². The number of halogens is 2. The average molecular weight is 309 g/mol. The van der Waals surface area contributed by atoms with Crippen molar-refractivity contribution < 1.29 is 9.15 Å². The van der Waals surface area contributed by atoms with Crippen LogP contribution in [0.5, 0.6) is 5.75 Å². The molecular weight excluding hydrogens is 299 g/mol. The average Bonchev–Trinajstić information content (AvgIpc) is 2.85. The number of anilines is 1. The molecule has 0 bridgehead atoms. The lowest BCUT2D eigenvalue weighted by atomic mass is 10.2. The topological polar surface area (TPSA) is 61.3 Å². The molecule has 6 heteroatoms. The van der Waals surface area contributed by atoms with Gasteiger partial charge in [-0.05, 0) is 24.3 Å². The summed E-state index contributed by atoms with van der Waals surface area (Å²) in [7, 11) is 1.59. The van der Waals surface area contributed by atoms with Crippen molar-refractivity contribution in [3.8, 4) is 17.2 Å². The number of oxazole rings is 1. The molecule has 0 saturated carbocycles. The first-order chi connectivity index (χ1) is 9.58. The summed E-state index contributed by atoms with van der Waals surface area (Å²) in [5.41, 5.74) is 8.21. The van der Waals surface area contributed by atoms with Gasteiger partial charge in [0.1, 0.15) is 11.3 Å². The molecule has 0 amide bonds. The van der Waals surface area contributed by atoms with E-state index in [0.29, 0.717) is 44.0 Å². The van der Waals surface area contributed by atoms with Crippen LogP contribution in [0.2, 0.25) is 10.0 Å². The number of fused-ring (bicyclic) bond motifs is 1. The molecule has 4 nitrogen and oxygen atoms in total. The largest absolute Gasteiger partial charge is 0.497 e. The Morgan fingerprint density at radius 3 is 2.75 bits per heavy atom. The minimum Gasteiger partial charge on any atom is -0.497 e. The van der Waals surface area contributed by atoms with Crippen LogP contribution in [-0.4, -0.2) is 12.1 Å². The maximum atomic E-state index is 6.02. The summed E-state index contributed by atoms with van der Waals surface area (Å²) in [6.45, 7) is 0. The van der Waals surface area contributed by atoms with Crippen molar-refractivity contribution in [2.75, 3.05) is 12.8 Å². The molecule has 102 valence electrons. The predicted molar refractivity (Wildman–Crippen MR) is 80.4 cm³/mol. The summed E-state index contributed by atoms with van der Waals surface area (Å²) in [5, 5.41) is 0.839. The van der Waals surface area contributed by atoms with E-state index in [1.165, 1.54) is 0 Å². The monoisotopic (exact) mass is 308 g/mol. The molecular formula is C14H10Cl2N2O2. The second-order valence-corrected chi connectivity index (χ2v) is 5.05. The highest BCUT2D eigenvalue weighted by Gasteiger charge is 2.14. The Kier molecular flexibility index (Phi) is 3.20. The van der Waals surface area contributed by atoms with Gasteiger partial charge in [-0.15, -0.1) is 0 Å². The van der Waals surface area contributed by atoms with Gasteiger partial charge in [-0.2, -0.15) is 0 Å². The molecule has 1 heterocycles. The molecule has 1 aromatic heterocycles. The van der Waals surface area contributed by atoms with E-state index in [1.807, 2.05) is 0 Å². The Balaban J connectivity index is 2.20. The van der Waals surface area contributed by atoms with Crippen LogP contribution in [0.15, 0.2) is 34.7 Å². The summed E-state index contributed by atoms with van der Waals surface area (Å²) < 4.78 is 10.8. The first-order valence-electron chi connectivity index (χ1n) is 5.78. The first kappa shape index (κ1) is 13.1. The molecule has 0 atom stereocenters. The molecule has 0 spiro atoms. The van der Waals surface area contributed by atoms with Crippen LogP contribution in [0.1, 0.15) is 0 Å². The zero-order valence-corrected chi connectivity index (χ0v) is 12.0. The number of hydrogen-bond donors (Lipinski definition) is 1. The maximum absolute atomic E-state index is 6.02. The van der Waals surface area contributed by atoms with Crippen LogP contribution >= 0.6 is 23.2 Å². The molecule has 0 aliphatic heterocycles. The van der Waals surface area contributed by atoms with Crippen molar-refractivity contribution >= 4 is 40.0 Å². The number of nitrogens with two attached hydrogens (primary N) is 1. The van der Waals surface area contributed by atoms with Gasteiger partial charge in [0, 0.05) is 11.1 Å². The van der Waals surface area contributed by atoms with Crippen molar-refractivity contribution in [3.63, 3.8) is 0 Å². The van der Waals surface area contributed by atoms with E-state index in [0.717, 1.165) is 0 Å². The molecule has 0 fully saturated rings. The Bertz CT molecular complexity index is 799. The Labute approximate surface area is 125 Å². The Morgan fingerprint density at radius 1 is 1.20 bits per heavy atom. The van der Waals surface area contributed by atoms with Gasteiger partial charge in [0.25, 0.3) is 0 Å². The third kappa shape index (κ3) is 2.17. The minimum atomic E-state index is 0.368. The predicted octanol–water partition coefficient (Wildman–Crippen LogP) is 4.39. The number of benzene rings is 2. The van der Waals surface area contributed by atoms with Gasteiger partial charge in [-0.25, -0.2) is 4.98 Å². The van der Waals surface area contributed by atoms with Crippen molar-refractivity contribution in [1.82, 2.24) is 4.98 Å². The summed E-state index contributed by atoms with van der Waals surface area (Å²) in [6, 6.07) is 8.61. The third-order valence-electron chi connectivity index (χ3n) is 2.92. The van der Waals surface area contributed by atoms with E-state index < -0.39 is 0 Å². The standard InChI is InChI=1S/C14H10Cl2N2O2/c1-19-8-2-3-12-11(6-8)18-14(20-12)9-4-7(15)5-10(16)13(9)17/h2-6H,17H2,1H3. The number of rotatable bonds is 2. The summed E-state index contributed by atoms with van der Waals surface area (Å²) in [5.74, 6) is 1.07. The number of aromatic nitrogens is 1. The van der Waals surface area contributed by atoms with Crippen LogP contribution in [0.25, 0.3) is 22.6 Å².